The standard InChI is InChI=1S/C20H21N3OS/c1-13-7-8-17-14(10-13)4-3-9-23(17)12-19(24)22-20-16(11-21)15-5-2-6-18(15)25-20/h7-8,10H,2-6,9,12H2,1H3,(H,22,24). The Morgan fingerprint density at radius 2 is 2.20 bits per heavy atom. The third-order valence-electron chi connectivity index (χ3n) is 5.07. The molecule has 2 aliphatic rings. The fourth-order valence-electron chi connectivity index (χ4n) is 3.92. The number of nitrogens with one attached hydrogen (secondary N) is 1. The van der Waals surface area contributed by atoms with Crippen LogP contribution in [0.3, 0.4) is 0 Å². The van der Waals surface area contributed by atoms with Gasteiger partial charge in [0.15, 0.2) is 0 Å². The summed E-state index contributed by atoms with van der Waals surface area (Å²) in [5, 5.41) is 13.2. The number of nitrogens with zero attached hydrogens (tertiary/aromatic N) is 2. The summed E-state index contributed by atoms with van der Waals surface area (Å²) >= 11 is 1.58. The summed E-state index contributed by atoms with van der Waals surface area (Å²) in [5.74, 6) is -0.0372. The Balaban J connectivity index is 1.50. The van der Waals surface area contributed by atoms with E-state index in [9.17, 15) is 10.1 Å². The molecule has 0 radical (unpaired) electrons. The lowest BCUT2D eigenvalue weighted by molar-refractivity contribution is -0.115. The van der Waals surface area contributed by atoms with Gasteiger partial charge in [-0.25, -0.2) is 0 Å². The van der Waals surface area contributed by atoms with Gasteiger partial charge in [-0.1, -0.05) is 17.7 Å². The van der Waals surface area contributed by atoms with Gasteiger partial charge in [-0.05, 0) is 56.2 Å². The Labute approximate surface area is 152 Å². The molecule has 0 bridgehead atoms. The van der Waals surface area contributed by atoms with E-state index in [0.717, 1.165) is 49.2 Å². The molecule has 1 amide bonds. The van der Waals surface area contributed by atoms with Crippen LogP contribution in [0, 0.1) is 18.3 Å². The smallest absolute Gasteiger partial charge is 0.244 e. The van der Waals surface area contributed by atoms with Crippen molar-refractivity contribution < 1.29 is 4.79 Å². The first-order valence-corrected chi connectivity index (χ1v) is 9.66. The van der Waals surface area contributed by atoms with Crippen LogP contribution in [-0.4, -0.2) is 19.0 Å². The van der Waals surface area contributed by atoms with Crippen molar-refractivity contribution in [3.05, 3.63) is 45.3 Å². The van der Waals surface area contributed by atoms with E-state index in [-0.39, 0.29) is 5.91 Å². The Bertz CT molecular complexity index is 878. The van der Waals surface area contributed by atoms with E-state index >= 15 is 0 Å². The van der Waals surface area contributed by atoms with Gasteiger partial charge in [0.25, 0.3) is 0 Å². The zero-order valence-corrected chi connectivity index (χ0v) is 15.2. The van der Waals surface area contributed by atoms with Gasteiger partial charge in [-0.15, -0.1) is 11.3 Å². The van der Waals surface area contributed by atoms with Gasteiger partial charge in [-0.2, -0.15) is 5.26 Å². The van der Waals surface area contributed by atoms with Gasteiger partial charge in [0.1, 0.15) is 11.1 Å². The highest BCUT2D eigenvalue weighted by Crippen LogP contribution is 2.38. The maximum absolute atomic E-state index is 12.6. The maximum Gasteiger partial charge on any atom is 0.244 e. The Kier molecular flexibility index (Phi) is 4.22. The quantitative estimate of drug-likeness (QED) is 0.915. The van der Waals surface area contributed by atoms with Crippen molar-refractivity contribution in [2.24, 2.45) is 0 Å². The first-order valence-electron chi connectivity index (χ1n) is 8.84. The highest BCUT2D eigenvalue weighted by molar-refractivity contribution is 7.16. The van der Waals surface area contributed by atoms with Crippen LogP contribution >= 0.6 is 11.3 Å². The van der Waals surface area contributed by atoms with Gasteiger partial charge in [0.05, 0.1) is 12.1 Å². The molecular weight excluding hydrogens is 330 g/mol. The second kappa shape index (κ2) is 6.53. The number of nitriles is 1. The summed E-state index contributed by atoms with van der Waals surface area (Å²) in [6.07, 6.45) is 5.26. The zero-order chi connectivity index (χ0) is 17.4. The average molecular weight is 351 g/mol. The minimum Gasteiger partial charge on any atom is -0.362 e. The van der Waals surface area contributed by atoms with Crippen LogP contribution in [0.1, 0.15) is 40.0 Å². The minimum absolute atomic E-state index is 0.0372. The largest absolute Gasteiger partial charge is 0.362 e. The Morgan fingerprint density at radius 1 is 1.32 bits per heavy atom. The van der Waals surface area contributed by atoms with Gasteiger partial charge < -0.3 is 10.2 Å². The summed E-state index contributed by atoms with van der Waals surface area (Å²) in [5.41, 5.74) is 5.59. The molecule has 25 heavy (non-hydrogen) atoms. The van der Waals surface area contributed by atoms with Crippen LogP contribution in [0.2, 0.25) is 0 Å². The van der Waals surface area contributed by atoms with Crippen molar-refractivity contribution in [1.82, 2.24) is 0 Å². The number of hydrogen-bond donors (Lipinski definition) is 1. The number of rotatable bonds is 3. The molecule has 0 saturated carbocycles. The predicted molar refractivity (Wildman–Crippen MR) is 101 cm³/mol. The Morgan fingerprint density at radius 3 is 3.04 bits per heavy atom. The number of thiophene rings is 1. The zero-order valence-electron chi connectivity index (χ0n) is 14.4. The monoisotopic (exact) mass is 351 g/mol. The highest BCUT2D eigenvalue weighted by atomic mass is 32.1. The lowest BCUT2D eigenvalue weighted by Gasteiger charge is -2.31. The normalized spacial score (nSPS) is 15.4. The summed E-state index contributed by atoms with van der Waals surface area (Å²) in [6, 6.07) is 8.73. The maximum atomic E-state index is 12.6. The van der Waals surface area contributed by atoms with Crippen molar-refractivity contribution in [3.8, 4) is 6.07 Å². The molecule has 128 valence electrons. The summed E-state index contributed by atoms with van der Waals surface area (Å²) in [4.78, 5) is 16.0. The number of carbonyl (C=O) groups excluding carboxylic acids is 1. The molecule has 1 aliphatic heterocycles. The number of aryl methyl sites for hydroxylation is 3. The fraction of sp³-hybridized carbons (Fsp3) is 0.400. The molecule has 2 aromatic rings. The van der Waals surface area contributed by atoms with Crippen LogP contribution in [0.15, 0.2) is 18.2 Å². The van der Waals surface area contributed by atoms with Crippen molar-refractivity contribution >= 4 is 27.9 Å². The molecule has 4 rings (SSSR count). The van der Waals surface area contributed by atoms with Crippen LogP contribution in [-0.2, 0) is 24.1 Å². The molecule has 5 heteroatoms. The molecule has 1 aromatic carbocycles. The number of benzene rings is 1. The topological polar surface area (TPSA) is 56.1 Å². The van der Waals surface area contributed by atoms with E-state index in [1.807, 2.05) is 0 Å². The third kappa shape index (κ3) is 3.03. The van der Waals surface area contributed by atoms with Crippen LogP contribution in [0.4, 0.5) is 10.7 Å². The third-order valence-corrected chi connectivity index (χ3v) is 6.28. The van der Waals surface area contributed by atoms with Crippen LogP contribution in [0.5, 0.6) is 0 Å². The number of carbonyl (C=O) groups is 1. The van der Waals surface area contributed by atoms with E-state index in [1.54, 1.807) is 11.3 Å². The summed E-state index contributed by atoms with van der Waals surface area (Å²) in [6.45, 7) is 3.34. The van der Waals surface area contributed by atoms with E-state index in [4.69, 9.17) is 0 Å². The second-order valence-corrected chi connectivity index (χ2v) is 7.98. The molecule has 1 aromatic heterocycles. The lowest BCUT2D eigenvalue weighted by atomic mass is 9.99. The molecule has 4 nitrogen and oxygen atoms in total. The van der Waals surface area contributed by atoms with Crippen molar-refractivity contribution in [2.75, 3.05) is 23.3 Å². The molecule has 0 atom stereocenters. The summed E-state index contributed by atoms with van der Waals surface area (Å²) < 4.78 is 0. The second-order valence-electron chi connectivity index (χ2n) is 6.88. The molecule has 2 heterocycles. The average Bonchev–Trinajstić information content (AvgIpc) is 3.15. The van der Waals surface area contributed by atoms with Gasteiger partial charge in [0.2, 0.25) is 5.91 Å². The predicted octanol–water partition coefficient (Wildman–Crippen LogP) is 3.81. The minimum atomic E-state index is -0.0372. The van der Waals surface area contributed by atoms with Crippen LogP contribution < -0.4 is 10.2 Å². The number of fused-ring (bicyclic) bond motifs is 2. The summed E-state index contributed by atoms with van der Waals surface area (Å²) in [7, 11) is 0. The van der Waals surface area contributed by atoms with E-state index in [2.05, 4.69) is 41.4 Å². The van der Waals surface area contributed by atoms with Crippen molar-refractivity contribution in [1.29, 1.82) is 5.26 Å². The molecular formula is C20H21N3OS. The first kappa shape index (κ1) is 16.2. The first-order chi connectivity index (χ1) is 12.2. The number of hydrogen-bond acceptors (Lipinski definition) is 4. The van der Waals surface area contributed by atoms with Gasteiger partial charge >= 0.3 is 0 Å². The lowest BCUT2D eigenvalue weighted by Crippen LogP contribution is -2.36. The fourth-order valence-corrected chi connectivity index (χ4v) is 5.17. The molecule has 0 saturated heterocycles. The number of amides is 1. The van der Waals surface area contributed by atoms with Gasteiger partial charge in [-0.3, -0.25) is 4.79 Å². The Hall–Kier alpha value is -2.32. The molecule has 1 aliphatic carbocycles. The molecule has 0 spiro atoms. The van der Waals surface area contributed by atoms with Crippen molar-refractivity contribution in [3.63, 3.8) is 0 Å². The highest BCUT2D eigenvalue weighted by Gasteiger charge is 2.24. The molecule has 0 unspecified atom stereocenters. The SMILES string of the molecule is Cc1ccc2c(c1)CCCN2CC(=O)Nc1sc2c(c1C#N)CCC2. The van der Waals surface area contributed by atoms with Gasteiger partial charge in [0, 0.05) is 17.1 Å². The van der Waals surface area contributed by atoms with E-state index < -0.39 is 0 Å². The van der Waals surface area contributed by atoms with E-state index in [0.29, 0.717) is 12.1 Å². The number of anilines is 2. The molecule has 1 N–H and O–H groups in total. The van der Waals surface area contributed by atoms with E-state index in [1.165, 1.54) is 21.7 Å². The van der Waals surface area contributed by atoms with Crippen molar-refractivity contribution in [2.45, 2.75) is 39.0 Å². The van der Waals surface area contributed by atoms with Crippen LogP contribution in [0.25, 0.3) is 0 Å². The molecule has 0 fully saturated rings.